The maximum atomic E-state index is 5.96. The van der Waals surface area contributed by atoms with Crippen molar-refractivity contribution in [3.63, 3.8) is 0 Å². The Morgan fingerprint density at radius 2 is 1.89 bits per heavy atom. The lowest BCUT2D eigenvalue weighted by molar-refractivity contribution is 0.476. The Labute approximate surface area is 116 Å². The smallest absolute Gasteiger partial charge is 0.133 e. The third-order valence-electron chi connectivity index (χ3n) is 2.54. The molecule has 0 atom stereocenters. The number of benzene rings is 2. The SMILES string of the molecule is CSc1ccc(Oc2cc(Cl)ccc2CN)cc1. The molecule has 0 aliphatic rings. The third-order valence-corrected chi connectivity index (χ3v) is 3.52. The minimum atomic E-state index is 0.426. The zero-order valence-electron chi connectivity index (χ0n) is 10.0. The predicted molar refractivity (Wildman–Crippen MR) is 77.6 cm³/mol. The van der Waals surface area contributed by atoms with Gasteiger partial charge in [0.1, 0.15) is 11.5 Å². The molecular weight excluding hydrogens is 266 g/mol. The van der Waals surface area contributed by atoms with Crippen LogP contribution < -0.4 is 10.5 Å². The standard InChI is InChI=1S/C14H14ClNOS/c1-18-13-6-4-12(5-7-13)17-14-8-11(15)3-2-10(14)9-16/h2-8H,9,16H2,1H3. The molecule has 2 aromatic rings. The van der Waals surface area contributed by atoms with Gasteiger partial charge in [0.25, 0.3) is 0 Å². The molecule has 0 unspecified atom stereocenters. The van der Waals surface area contributed by atoms with Crippen molar-refractivity contribution >= 4 is 23.4 Å². The first-order valence-electron chi connectivity index (χ1n) is 5.53. The highest BCUT2D eigenvalue weighted by Crippen LogP contribution is 2.29. The first kappa shape index (κ1) is 13.3. The summed E-state index contributed by atoms with van der Waals surface area (Å²) in [4.78, 5) is 1.20. The number of thioether (sulfide) groups is 1. The second-order valence-electron chi connectivity index (χ2n) is 3.73. The summed E-state index contributed by atoms with van der Waals surface area (Å²) in [5.41, 5.74) is 6.61. The Balaban J connectivity index is 2.24. The van der Waals surface area contributed by atoms with Crippen LogP contribution in [0.2, 0.25) is 5.02 Å². The minimum Gasteiger partial charge on any atom is -0.457 e. The molecule has 2 rings (SSSR count). The summed E-state index contributed by atoms with van der Waals surface area (Å²) in [5, 5.41) is 0.642. The predicted octanol–water partition coefficient (Wildman–Crippen LogP) is 4.31. The highest BCUT2D eigenvalue weighted by atomic mass is 35.5. The van der Waals surface area contributed by atoms with Gasteiger partial charge in [0.2, 0.25) is 0 Å². The molecule has 0 saturated carbocycles. The Morgan fingerprint density at radius 1 is 1.17 bits per heavy atom. The van der Waals surface area contributed by atoms with Crippen LogP contribution in [0.5, 0.6) is 11.5 Å². The molecule has 0 radical (unpaired) electrons. The van der Waals surface area contributed by atoms with E-state index in [0.717, 1.165) is 11.3 Å². The van der Waals surface area contributed by atoms with Gasteiger partial charge < -0.3 is 10.5 Å². The van der Waals surface area contributed by atoms with Crippen molar-refractivity contribution in [2.45, 2.75) is 11.4 Å². The molecule has 0 saturated heterocycles. The van der Waals surface area contributed by atoms with E-state index >= 15 is 0 Å². The molecule has 0 bridgehead atoms. The highest BCUT2D eigenvalue weighted by Gasteiger charge is 2.05. The van der Waals surface area contributed by atoms with E-state index in [-0.39, 0.29) is 0 Å². The van der Waals surface area contributed by atoms with Crippen LogP contribution >= 0.6 is 23.4 Å². The van der Waals surface area contributed by atoms with E-state index in [1.165, 1.54) is 4.90 Å². The van der Waals surface area contributed by atoms with E-state index in [1.54, 1.807) is 17.8 Å². The summed E-state index contributed by atoms with van der Waals surface area (Å²) in [6.45, 7) is 0.426. The molecule has 2 aromatic carbocycles. The van der Waals surface area contributed by atoms with Crippen LogP contribution in [0.15, 0.2) is 47.4 Å². The number of halogens is 1. The van der Waals surface area contributed by atoms with Crippen molar-refractivity contribution < 1.29 is 4.74 Å². The largest absolute Gasteiger partial charge is 0.457 e. The Bertz CT molecular complexity index is 528. The lowest BCUT2D eigenvalue weighted by atomic mass is 10.2. The molecule has 2 nitrogen and oxygen atoms in total. The van der Waals surface area contributed by atoms with Crippen LogP contribution in [0.3, 0.4) is 0 Å². The Hall–Kier alpha value is -1.16. The van der Waals surface area contributed by atoms with E-state index in [4.69, 9.17) is 22.1 Å². The van der Waals surface area contributed by atoms with Gasteiger partial charge in [0.15, 0.2) is 0 Å². The topological polar surface area (TPSA) is 35.2 Å². The second kappa shape index (κ2) is 6.14. The van der Waals surface area contributed by atoms with E-state index in [0.29, 0.717) is 17.3 Å². The summed E-state index contributed by atoms with van der Waals surface area (Å²) in [7, 11) is 0. The molecule has 0 amide bonds. The molecule has 18 heavy (non-hydrogen) atoms. The third kappa shape index (κ3) is 3.19. The summed E-state index contributed by atoms with van der Waals surface area (Å²) in [6, 6.07) is 13.4. The fourth-order valence-corrected chi connectivity index (χ4v) is 2.13. The van der Waals surface area contributed by atoms with Crippen molar-refractivity contribution in [3.05, 3.63) is 53.1 Å². The molecule has 94 valence electrons. The molecular formula is C14H14ClNOS. The Kier molecular flexibility index (Phi) is 4.53. The number of rotatable bonds is 4. The fraction of sp³-hybridized carbons (Fsp3) is 0.143. The highest BCUT2D eigenvalue weighted by molar-refractivity contribution is 7.98. The van der Waals surface area contributed by atoms with Gasteiger partial charge in [-0.25, -0.2) is 0 Å². The molecule has 0 aromatic heterocycles. The van der Waals surface area contributed by atoms with E-state index < -0.39 is 0 Å². The van der Waals surface area contributed by atoms with Crippen LogP contribution in [0.25, 0.3) is 0 Å². The first-order valence-corrected chi connectivity index (χ1v) is 7.13. The number of hydrogen-bond donors (Lipinski definition) is 1. The van der Waals surface area contributed by atoms with Gasteiger partial charge in [-0.2, -0.15) is 0 Å². The average molecular weight is 280 g/mol. The molecule has 0 aliphatic carbocycles. The minimum absolute atomic E-state index is 0.426. The molecule has 4 heteroatoms. The van der Waals surface area contributed by atoms with Crippen molar-refractivity contribution in [3.8, 4) is 11.5 Å². The van der Waals surface area contributed by atoms with E-state index in [9.17, 15) is 0 Å². The molecule has 0 heterocycles. The van der Waals surface area contributed by atoms with Crippen molar-refractivity contribution in [2.24, 2.45) is 5.73 Å². The zero-order chi connectivity index (χ0) is 13.0. The maximum absolute atomic E-state index is 5.96. The number of hydrogen-bond acceptors (Lipinski definition) is 3. The van der Waals surface area contributed by atoms with Crippen molar-refractivity contribution in [1.82, 2.24) is 0 Å². The quantitative estimate of drug-likeness (QED) is 0.847. The van der Waals surface area contributed by atoms with Crippen LogP contribution in [-0.4, -0.2) is 6.26 Å². The second-order valence-corrected chi connectivity index (χ2v) is 5.05. The molecule has 0 spiro atoms. The van der Waals surface area contributed by atoms with Gasteiger partial charge in [-0.1, -0.05) is 17.7 Å². The van der Waals surface area contributed by atoms with Crippen LogP contribution in [0, 0.1) is 0 Å². The van der Waals surface area contributed by atoms with Gasteiger partial charge in [-0.3, -0.25) is 0 Å². The lowest BCUT2D eigenvalue weighted by Crippen LogP contribution is -1.99. The summed E-state index contributed by atoms with van der Waals surface area (Å²) >= 11 is 7.66. The number of ether oxygens (including phenoxy) is 1. The van der Waals surface area contributed by atoms with Crippen LogP contribution in [0.1, 0.15) is 5.56 Å². The van der Waals surface area contributed by atoms with E-state index in [1.807, 2.05) is 42.7 Å². The normalized spacial score (nSPS) is 10.4. The first-order chi connectivity index (χ1) is 8.72. The molecule has 2 N–H and O–H groups in total. The maximum Gasteiger partial charge on any atom is 0.133 e. The summed E-state index contributed by atoms with van der Waals surface area (Å²) in [5.74, 6) is 1.49. The van der Waals surface area contributed by atoms with E-state index in [2.05, 4.69) is 0 Å². The fourth-order valence-electron chi connectivity index (χ4n) is 1.56. The average Bonchev–Trinajstić information content (AvgIpc) is 2.40. The van der Waals surface area contributed by atoms with Crippen molar-refractivity contribution in [2.75, 3.05) is 6.26 Å². The van der Waals surface area contributed by atoms with Crippen molar-refractivity contribution in [1.29, 1.82) is 0 Å². The summed E-state index contributed by atoms with van der Waals surface area (Å²) in [6.07, 6.45) is 2.04. The Morgan fingerprint density at radius 3 is 2.50 bits per heavy atom. The summed E-state index contributed by atoms with van der Waals surface area (Å²) < 4.78 is 5.81. The van der Waals surface area contributed by atoms with Gasteiger partial charge in [0.05, 0.1) is 0 Å². The monoisotopic (exact) mass is 279 g/mol. The van der Waals surface area contributed by atoms with Crippen LogP contribution in [-0.2, 0) is 6.54 Å². The van der Waals surface area contributed by atoms with Gasteiger partial charge >= 0.3 is 0 Å². The zero-order valence-corrected chi connectivity index (χ0v) is 11.6. The van der Waals surface area contributed by atoms with Crippen LogP contribution in [0.4, 0.5) is 0 Å². The van der Waals surface area contributed by atoms with Gasteiger partial charge in [-0.05, 0) is 42.7 Å². The van der Waals surface area contributed by atoms with Gasteiger partial charge in [-0.15, -0.1) is 11.8 Å². The van der Waals surface area contributed by atoms with Gasteiger partial charge in [0, 0.05) is 22.0 Å². The number of nitrogens with two attached hydrogens (primary N) is 1. The molecule has 0 fully saturated rings. The molecule has 0 aliphatic heterocycles. The lowest BCUT2D eigenvalue weighted by Gasteiger charge is -2.10.